The maximum atomic E-state index is 13.2. The highest BCUT2D eigenvalue weighted by molar-refractivity contribution is 6.42. The average molecular weight is 461 g/mol. The first-order valence-corrected chi connectivity index (χ1v) is 10.2. The van der Waals surface area contributed by atoms with Gasteiger partial charge in [0.1, 0.15) is 0 Å². The molecule has 2 atom stereocenters. The van der Waals surface area contributed by atoms with Gasteiger partial charge in [-0.3, -0.25) is 4.79 Å². The lowest BCUT2D eigenvalue weighted by Gasteiger charge is -2.31. The summed E-state index contributed by atoms with van der Waals surface area (Å²) in [6, 6.07) is 5.34. The molecule has 3 rings (SSSR count). The maximum Gasteiger partial charge on any atom is 0.435 e. The Kier molecular flexibility index (Phi) is 6.48. The Bertz CT molecular complexity index is 985. The molecule has 0 radical (unpaired) electrons. The average Bonchev–Trinajstić information content (AvgIpc) is 3.05. The van der Waals surface area contributed by atoms with Crippen molar-refractivity contribution in [2.75, 3.05) is 0 Å². The van der Waals surface area contributed by atoms with Gasteiger partial charge in [-0.15, -0.1) is 0 Å². The molecule has 1 N–H and O–H groups in total. The fourth-order valence-corrected chi connectivity index (χ4v) is 3.88. The van der Waals surface area contributed by atoms with Gasteiger partial charge in [-0.1, -0.05) is 29.3 Å². The van der Waals surface area contributed by atoms with Crippen LogP contribution in [0.5, 0.6) is 0 Å². The van der Waals surface area contributed by atoms with Gasteiger partial charge >= 0.3 is 6.18 Å². The first-order valence-electron chi connectivity index (χ1n) is 9.43. The molecule has 1 aliphatic rings. The van der Waals surface area contributed by atoms with Crippen molar-refractivity contribution in [2.24, 2.45) is 10.9 Å². The molecular weight excluding hydrogens is 440 g/mol. The number of carbonyl (C=O) groups is 1. The van der Waals surface area contributed by atoms with Crippen LogP contribution in [0, 0.1) is 5.92 Å². The van der Waals surface area contributed by atoms with E-state index in [1.807, 2.05) is 13.8 Å². The smallest absolute Gasteiger partial charge is 0.353 e. The highest BCUT2D eigenvalue weighted by atomic mass is 35.5. The quantitative estimate of drug-likeness (QED) is 0.628. The summed E-state index contributed by atoms with van der Waals surface area (Å²) in [7, 11) is 0. The van der Waals surface area contributed by atoms with E-state index in [0.29, 0.717) is 28.6 Å². The van der Waals surface area contributed by atoms with Crippen LogP contribution in [0.1, 0.15) is 44.5 Å². The second-order valence-electron chi connectivity index (χ2n) is 7.58. The molecule has 0 aliphatic carbocycles. The van der Waals surface area contributed by atoms with Crippen LogP contribution in [-0.4, -0.2) is 27.4 Å². The van der Waals surface area contributed by atoms with Crippen molar-refractivity contribution in [2.45, 2.75) is 51.9 Å². The predicted molar refractivity (Wildman–Crippen MR) is 111 cm³/mol. The largest absolute Gasteiger partial charge is 0.435 e. The zero-order valence-corrected chi connectivity index (χ0v) is 18.1. The lowest BCUT2D eigenvalue weighted by atomic mass is 9.88. The summed E-state index contributed by atoms with van der Waals surface area (Å²) in [6.45, 7) is 5.29. The molecule has 0 bridgehead atoms. The lowest BCUT2D eigenvalue weighted by molar-refractivity contribution is -0.141. The van der Waals surface area contributed by atoms with Gasteiger partial charge in [0, 0.05) is 17.8 Å². The topological polar surface area (TPSA) is 59.3 Å². The van der Waals surface area contributed by atoms with Gasteiger partial charge in [0.25, 0.3) is 0 Å². The first kappa shape index (κ1) is 22.6. The summed E-state index contributed by atoms with van der Waals surface area (Å²) >= 11 is 12.0. The number of benzene rings is 1. The third kappa shape index (κ3) is 4.81. The van der Waals surface area contributed by atoms with Crippen molar-refractivity contribution < 1.29 is 18.0 Å². The summed E-state index contributed by atoms with van der Waals surface area (Å²) in [6.07, 6.45) is -3.76. The van der Waals surface area contributed by atoms with Gasteiger partial charge in [0.05, 0.1) is 22.0 Å². The number of hydrogen-bond donors (Lipinski definition) is 1. The summed E-state index contributed by atoms with van der Waals surface area (Å²) in [5, 5.41) is 7.39. The Balaban J connectivity index is 1.97. The molecule has 0 spiro atoms. The number of aromatic nitrogens is 2. The van der Waals surface area contributed by atoms with Crippen LogP contribution >= 0.6 is 23.2 Å². The second-order valence-corrected chi connectivity index (χ2v) is 8.39. The van der Waals surface area contributed by atoms with Crippen molar-refractivity contribution in [3.8, 4) is 0 Å². The minimum absolute atomic E-state index is 0.0903. The molecule has 1 aliphatic heterocycles. The molecule has 0 fully saturated rings. The molecule has 10 heteroatoms. The summed E-state index contributed by atoms with van der Waals surface area (Å²) in [4.78, 5) is 17.1. The molecule has 1 amide bonds. The lowest BCUT2D eigenvalue weighted by Crippen LogP contribution is -2.44. The van der Waals surface area contributed by atoms with E-state index in [9.17, 15) is 18.0 Å². The number of halogens is 5. The standard InChI is InChI=1S/C20H21Cl2F3N4O/c1-10(2)26-19(30)18-11(3)27-17-9-16(20(23,24)25)28-29(17)15(18)7-5-12-4-6-13(21)14(22)8-12/h4,6,8-10,15,18H,5,7H2,1-3H3,(H,26,30). The fourth-order valence-electron chi connectivity index (χ4n) is 3.56. The molecular formula is C20H21Cl2F3N4O. The molecule has 30 heavy (non-hydrogen) atoms. The van der Waals surface area contributed by atoms with Crippen molar-refractivity contribution in [1.29, 1.82) is 0 Å². The molecule has 0 saturated carbocycles. The normalized spacial score (nSPS) is 18.9. The van der Waals surface area contributed by atoms with E-state index in [1.165, 1.54) is 4.68 Å². The zero-order valence-electron chi connectivity index (χ0n) is 16.6. The maximum absolute atomic E-state index is 13.2. The van der Waals surface area contributed by atoms with Crippen molar-refractivity contribution >= 4 is 40.6 Å². The van der Waals surface area contributed by atoms with Crippen molar-refractivity contribution in [3.05, 3.63) is 45.6 Å². The number of carbonyl (C=O) groups excluding carboxylic acids is 1. The van der Waals surface area contributed by atoms with Gasteiger partial charge in [-0.25, -0.2) is 9.67 Å². The SMILES string of the molecule is CC1=Nc2cc(C(F)(F)F)nn2C(CCc2ccc(Cl)c(Cl)c2)C1C(=O)NC(C)C. The summed E-state index contributed by atoms with van der Waals surface area (Å²) in [5.74, 6) is -0.934. The number of nitrogens with one attached hydrogen (secondary N) is 1. The van der Waals surface area contributed by atoms with Crippen LogP contribution in [0.15, 0.2) is 29.3 Å². The van der Waals surface area contributed by atoms with Gasteiger partial charge in [0.2, 0.25) is 5.91 Å². The summed E-state index contributed by atoms with van der Waals surface area (Å²) < 4.78 is 40.9. The Morgan fingerprint density at radius 2 is 1.93 bits per heavy atom. The van der Waals surface area contributed by atoms with Crippen molar-refractivity contribution in [1.82, 2.24) is 15.1 Å². The number of rotatable bonds is 5. The zero-order chi connectivity index (χ0) is 22.2. The number of alkyl halides is 3. The Labute approximate surface area is 182 Å². The predicted octanol–water partition coefficient (Wildman–Crippen LogP) is 5.63. The number of hydrogen-bond acceptors (Lipinski definition) is 3. The molecule has 5 nitrogen and oxygen atoms in total. The van der Waals surface area contributed by atoms with Crippen molar-refractivity contribution in [3.63, 3.8) is 0 Å². The number of aryl methyl sites for hydroxylation is 1. The minimum atomic E-state index is -4.60. The molecule has 2 unspecified atom stereocenters. The van der Waals surface area contributed by atoms with Crippen LogP contribution in [0.3, 0.4) is 0 Å². The van der Waals surface area contributed by atoms with E-state index >= 15 is 0 Å². The van der Waals surface area contributed by atoms with E-state index in [1.54, 1.807) is 25.1 Å². The molecule has 162 valence electrons. The van der Waals surface area contributed by atoms with Crippen LogP contribution < -0.4 is 5.32 Å². The van der Waals surface area contributed by atoms with Crippen LogP contribution in [0.2, 0.25) is 10.0 Å². The number of fused-ring (bicyclic) bond motifs is 1. The van der Waals surface area contributed by atoms with Gasteiger partial charge in [-0.2, -0.15) is 18.3 Å². The van der Waals surface area contributed by atoms with E-state index in [4.69, 9.17) is 23.2 Å². The molecule has 2 heterocycles. The first-order chi connectivity index (χ1) is 14.0. The number of amides is 1. The molecule has 1 aromatic carbocycles. The van der Waals surface area contributed by atoms with Crippen LogP contribution in [0.4, 0.5) is 19.0 Å². The molecule has 1 aromatic heterocycles. The van der Waals surface area contributed by atoms with Gasteiger partial charge in [0.15, 0.2) is 11.5 Å². The van der Waals surface area contributed by atoms with E-state index in [2.05, 4.69) is 15.4 Å². The van der Waals surface area contributed by atoms with E-state index in [-0.39, 0.29) is 17.8 Å². The minimum Gasteiger partial charge on any atom is -0.353 e. The van der Waals surface area contributed by atoms with E-state index < -0.39 is 23.8 Å². The Morgan fingerprint density at radius 3 is 2.53 bits per heavy atom. The molecule has 2 aromatic rings. The third-order valence-electron chi connectivity index (χ3n) is 4.87. The molecule has 0 saturated heterocycles. The fraction of sp³-hybridized carbons (Fsp3) is 0.450. The Morgan fingerprint density at radius 1 is 1.23 bits per heavy atom. The third-order valence-corrected chi connectivity index (χ3v) is 5.61. The monoisotopic (exact) mass is 460 g/mol. The summed E-state index contributed by atoms with van der Waals surface area (Å²) in [5.41, 5.74) is 0.282. The highest BCUT2D eigenvalue weighted by Crippen LogP contribution is 2.39. The highest BCUT2D eigenvalue weighted by Gasteiger charge is 2.41. The van der Waals surface area contributed by atoms with Crippen LogP contribution in [0.25, 0.3) is 0 Å². The Hall–Kier alpha value is -2.06. The van der Waals surface area contributed by atoms with Gasteiger partial charge in [-0.05, 0) is 51.3 Å². The van der Waals surface area contributed by atoms with Gasteiger partial charge < -0.3 is 5.32 Å². The van der Waals surface area contributed by atoms with Crippen LogP contribution in [-0.2, 0) is 17.4 Å². The number of nitrogens with zero attached hydrogens (tertiary/aromatic N) is 3. The second kappa shape index (κ2) is 8.59. The number of aliphatic imine (C=N–C) groups is 1. The van der Waals surface area contributed by atoms with E-state index in [0.717, 1.165) is 11.6 Å².